The first-order valence-corrected chi connectivity index (χ1v) is 10.3. The molecule has 4 aliphatic rings. The van der Waals surface area contributed by atoms with Crippen molar-refractivity contribution in [3.63, 3.8) is 0 Å². The van der Waals surface area contributed by atoms with E-state index in [1.165, 1.54) is 0 Å². The van der Waals surface area contributed by atoms with Crippen LogP contribution in [-0.2, 0) is 9.59 Å². The van der Waals surface area contributed by atoms with Crippen molar-refractivity contribution < 1.29 is 19.2 Å². The zero-order valence-electron chi connectivity index (χ0n) is 16.1. The fourth-order valence-corrected chi connectivity index (χ4v) is 4.30. The number of hydrogen-bond acceptors (Lipinski definition) is 4. The van der Waals surface area contributed by atoms with E-state index in [0.717, 1.165) is 43.4 Å². The smallest absolute Gasteiger partial charge is 0.325 e. The van der Waals surface area contributed by atoms with Gasteiger partial charge in [0.2, 0.25) is 5.91 Å². The Kier molecular flexibility index (Phi) is 4.11. The predicted molar refractivity (Wildman–Crippen MR) is 104 cm³/mol. The van der Waals surface area contributed by atoms with E-state index < -0.39 is 17.5 Å². The quantitative estimate of drug-likeness (QED) is 0.609. The number of amides is 5. The van der Waals surface area contributed by atoms with Gasteiger partial charge in [-0.2, -0.15) is 0 Å². The molecule has 3 N–H and O–H groups in total. The molecule has 8 heteroatoms. The Morgan fingerprint density at radius 2 is 1.76 bits per heavy atom. The standard InChI is InChI=1S/C21H24N4O4/c26-17(22-16-3-1-2-12(10-16)18(27)23-15-8-9-15)11-25-19(28)21(13-4-5-13,14-6-7-14)24-20(25)29/h1-3,10,13-15H,4-9,11H2,(H,22,26)(H,23,27)(H,24,29). The van der Waals surface area contributed by atoms with Crippen LogP contribution in [0.25, 0.3) is 0 Å². The molecule has 0 spiro atoms. The highest BCUT2D eigenvalue weighted by atomic mass is 16.2. The van der Waals surface area contributed by atoms with Crippen LogP contribution in [0.5, 0.6) is 0 Å². The second-order valence-corrected chi connectivity index (χ2v) is 8.62. The van der Waals surface area contributed by atoms with Crippen LogP contribution in [-0.4, -0.2) is 46.8 Å². The van der Waals surface area contributed by atoms with E-state index in [9.17, 15) is 19.2 Å². The molecule has 1 heterocycles. The molecule has 0 unspecified atom stereocenters. The number of carbonyl (C=O) groups excluding carboxylic acids is 4. The fourth-order valence-electron chi connectivity index (χ4n) is 4.30. The summed E-state index contributed by atoms with van der Waals surface area (Å²) in [6.07, 6.45) is 5.77. The zero-order chi connectivity index (χ0) is 20.2. The third kappa shape index (κ3) is 3.36. The summed E-state index contributed by atoms with van der Waals surface area (Å²) in [6.45, 7) is -0.329. The summed E-state index contributed by atoms with van der Waals surface area (Å²) in [4.78, 5) is 51.3. The molecule has 5 rings (SSSR count). The summed E-state index contributed by atoms with van der Waals surface area (Å²) in [5.74, 6) is -0.505. The Morgan fingerprint density at radius 1 is 1.07 bits per heavy atom. The summed E-state index contributed by atoms with van der Waals surface area (Å²) in [6, 6.07) is 6.41. The van der Waals surface area contributed by atoms with Crippen LogP contribution >= 0.6 is 0 Å². The van der Waals surface area contributed by atoms with Gasteiger partial charge in [-0.25, -0.2) is 4.79 Å². The van der Waals surface area contributed by atoms with Gasteiger partial charge in [0.25, 0.3) is 11.8 Å². The van der Waals surface area contributed by atoms with Crippen molar-refractivity contribution in [3.8, 4) is 0 Å². The summed E-state index contributed by atoms with van der Waals surface area (Å²) in [5, 5.41) is 8.52. The molecular formula is C21H24N4O4. The van der Waals surface area contributed by atoms with Crippen molar-refractivity contribution in [1.82, 2.24) is 15.5 Å². The van der Waals surface area contributed by atoms with Crippen molar-refractivity contribution in [2.24, 2.45) is 11.8 Å². The van der Waals surface area contributed by atoms with E-state index in [-0.39, 0.29) is 36.2 Å². The van der Waals surface area contributed by atoms with Crippen molar-refractivity contribution >= 4 is 29.4 Å². The minimum Gasteiger partial charge on any atom is -0.349 e. The molecule has 5 amide bonds. The van der Waals surface area contributed by atoms with Crippen molar-refractivity contribution in [1.29, 1.82) is 0 Å². The second kappa shape index (κ2) is 6.57. The fraction of sp³-hybridized carbons (Fsp3) is 0.524. The molecule has 0 radical (unpaired) electrons. The maximum absolute atomic E-state index is 13.1. The first-order chi connectivity index (χ1) is 14.0. The van der Waals surface area contributed by atoms with Gasteiger partial charge in [-0.15, -0.1) is 0 Å². The number of rotatable bonds is 7. The summed E-state index contributed by atoms with van der Waals surface area (Å²) in [5.41, 5.74) is 0.130. The molecule has 1 aromatic carbocycles. The molecule has 152 valence electrons. The van der Waals surface area contributed by atoms with Gasteiger partial charge in [0.05, 0.1) is 0 Å². The topological polar surface area (TPSA) is 108 Å². The summed E-state index contributed by atoms with van der Waals surface area (Å²) in [7, 11) is 0. The van der Waals surface area contributed by atoms with Crippen molar-refractivity contribution in [2.75, 3.05) is 11.9 Å². The number of urea groups is 1. The first-order valence-electron chi connectivity index (χ1n) is 10.3. The normalized spacial score (nSPS) is 23.0. The highest BCUT2D eigenvalue weighted by molar-refractivity contribution is 6.11. The molecule has 0 bridgehead atoms. The first kappa shape index (κ1) is 18.1. The molecule has 1 saturated heterocycles. The van der Waals surface area contributed by atoms with E-state index in [1.54, 1.807) is 24.3 Å². The van der Waals surface area contributed by atoms with Gasteiger partial charge >= 0.3 is 6.03 Å². The van der Waals surface area contributed by atoms with Gasteiger partial charge in [0.15, 0.2) is 0 Å². The lowest BCUT2D eigenvalue weighted by Gasteiger charge is -2.26. The van der Waals surface area contributed by atoms with Gasteiger partial charge in [0.1, 0.15) is 12.1 Å². The molecule has 4 fully saturated rings. The monoisotopic (exact) mass is 396 g/mol. The van der Waals surface area contributed by atoms with Crippen LogP contribution in [0.4, 0.5) is 10.5 Å². The van der Waals surface area contributed by atoms with Crippen LogP contribution in [0, 0.1) is 11.8 Å². The van der Waals surface area contributed by atoms with Gasteiger partial charge < -0.3 is 16.0 Å². The van der Waals surface area contributed by atoms with Gasteiger partial charge in [-0.1, -0.05) is 6.07 Å². The van der Waals surface area contributed by atoms with E-state index in [4.69, 9.17) is 0 Å². The SMILES string of the molecule is O=C(CN1C(=O)NC(C2CC2)(C2CC2)C1=O)Nc1cccc(C(=O)NC2CC2)c1. The van der Waals surface area contributed by atoms with Crippen molar-refractivity contribution in [2.45, 2.75) is 50.1 Å². The number of benzene rings is 1. The Hall–Kier alpha value is -2.90. The number of imide groups is 1. The average molecular weight is 396 g/mol. The maximum Gasteiger partial charge on any atom is 0.325 e. The van der Waals surface area contributed by atoms with E-state index >= 15 is 0 Å². The Morgan fingerprint density at radius 3 is 2.38 bits per heavy atom. The minimum atomic E-state index is -0.793. The molecule has 1 aliphatic heterocycles. The Bertz CT molecular complexity index is 890. The molecular weight excluding hydrogens is 372 g/mol. The Labute approximate surface area is 168 Å². The number of anilines is 1. The Balaban J connectivity index is 1.24. The van der Waals surface area contributed by atoms with Crippen LogP contribution in [0.1, 0.15) is 48.9 Å². The molecule has 3 aliphatic carbocycles. The number of hydrogen-bond donors (Lipinski definition) is 3. The van der Waals surface area contributed by atoms with Crippen LogP contribution in [0.2, 0.25) is 0 Å². The number of nitrogens with one attached hydrogen (secondary N) is 3. The molecule has 1 aromatic rings. The van der Waals surface area contributed by atoms with Crippen LogP contribution in [0.15, 0.2) is 24.3 Å². The van der Waals surface area contributed by atoms with Crippen LogP contribution < -0.4 is 16.0 Å². The lowest BCUT2D eigenvalue weighted by Crippen LogP contribution is -2.51. The van der Waals surface area contributed by atoms with Gasteiger partial charge in [-0.3, -0.25) is 19.3 Å². The molecule has 29 heavy (non-hydrogen) atoms. The van der Waals surface area contributed by atoms with E-state index in [0.29, 0.717) is 11.3 Å². The predicted octanol–water partition coefficient (Wildman–Crippen LogP) is 1.63. The summed E-state index contributed by atoms with van der Waals surface area (Å²) >= 11 is 0. The van der Waals surface area contributed by atoms with Gasteiger partial charge in [-0.05, 0) is 68.6 Å². The minimum absolute atomic E-state index is 0.170. The molecule has 8 nitrogen and oxygen atoms in total. The third-order valence-electron chi connectivity index (χ3n) is 6.22. The average Bonchev–Trinajstić information content (AvgIpc) is 3.55. The largest absolute Gasteiger partial charge is 0.349 e. The second-order valence-electron chi connectivity index (χ2n) is 8.62. The maximum atomic E-state index is 13.1. The summed E-state index contributed by atoms with van der Waals surface area (Å²) < 4.78 is 0. The lowest BCUT2D eigenvalue weighted by molar-refractivity contribution is -0.135. The molecule has 3 saturated carbocycles. The lowest BCUT2D eigenvalue weighted by atomic mass is 9.87. The zero-order valence-corrected chi connectivity index (χ0v) is 16.1. The van der Waals surface area contributed by atoms with Crippen LogP contribution in [0.3, 0.4) is 0 Å². The van der Waals surface area contributed by atoms with E-state index in [1.807, 2.05) is 0 Å². The highest BCUT2D eigenvalue weighted by Crippen LogP contribution is 2.54. The highest BCUT2D eigenvalue weighted by Gasteiger charge is 2.65. The van der Waals surface area contributed by atoms with Gasteiger partial charge in [0, 0.05) is 17.3 Å². The third-order valence-corrected chi connectivity index (χ3v) is 6.22. The number of carbonyl (C=O) groups is 4. The van der Waals surface area contributed by atoms with E-state index in [2.05, 4.69) is 16.0 Å². The molecule has 0 atom stereocenters. The van der Waals surface area contributed by atoms with Crippen molar-refractivity contribution in [3.05, 3.63) is 29.8 Å². The number of nitrogens with zero attached hydrogens (tertiary/aromatic N) is 1. The molecule has 0 aromatic heterocycles.